The number of carbonyl (C=O) groups is 1. The molecule has 0 amide bonds. The summed E-state index contributed by atoms with van der Waals surface area (Å²) in [6.07, 6.45) is 0. The molecule has 1 aliphatic rings. The molecule has 0 saturated carbocycles. The number of nitrogens with zero attached hydrogens (tertiary/aromatic N) is 3. The molecule has 1 atom stereocenters. The number of piperazine rings is 1. The molecule has 0 aliphatic carbocycles. The van der Waals surface area contributed by atoms with Crippen molar-refractivity contribution in [1.29, 1.82) is 0 Å². The fourth-order valence-corrected chi connectivity index (χ4v) is 1.74. The summed E-state index contributed by atoms with van der Waals surface area (Å²) in [5.41, 5.74) is 0.825. The zero-order valence-corrected chi connectivity index (χ0v) is 9.05. The highest BCUT2D eigenvalue weighted by atomic mass is 16.4. The molecule has 0 unspecified atom stereocenters. The Morgan fingerprint density at radius 2 is 2.38 bits per heavy atom. The van der Waals surface area contributed by atoms with Gasteiger partial charge < -0.3 is 15.3 Å². The minimum atomic E-state index is -0.838. The van der Waals surface area contributed by atoms with Crippen molar-refractivity contribution in [2.24, 2.45) is 0 Å². The van der Waals surface area contributed by atoms with Crippen LogP contribution in [0.1, 0.15) is 5.69 Å². The Kier molecular flexibility index (Phi) is 3.00. The van der Waals surface area contributed by atoms with Crippen LogP contribution in [0.4, 0.5) is 5.82 Å². The number of aliphatic carboxylic acids is 1. The fraction of sp³-hybridized carbons (Fsp3) is 0.500. The SMILES string of the molecule is Cc1ccc(N2CCNC[C@@H]2C(=O)O)nn1. The van der Waals surface area contributed by atoms with E-state index in [9.17, 15) is 4.79 Å². The maximum Gasteiger partial charge on any atom is 0.327 e. The van der Waals surface area contributed by atoms with Crippen molar-refractivity contribution in [3.8, 4) is 0 Å². The van der Waals surface area contributed by atoms with E-state index in [2.05, 4.69) is 15.5 Å². The molecule has 0 aromatic carbocycles. The van der Waals surface area contributed by atoms with E-state index in [4.69, 9.17) is 5.11 Å². The van der Waals surface area contributed by atoms with Crippen molar-refractivity contribution in [3.63, 3.8) is 0 Å². The number of hydrogen-bond acceptors (Lipinski definition) is 5. The molecule has 86 valence electrons. The van der Waals surface area contributed by atoms with Gasteiger partial charge in [0, 0.05) is 19.6 Å². The van der Waals surface area contributed by atoms with Crippen molar-refractivity contribution in [2.75, 3.05) is 24.5 Å². The van der Waals surface area contributed by atoms with Crippen LogP contribution in [-0.2, 0) is 4.79 Å². The summed E-state index contributed by atoms with van der Waals surface area (Å²) in [6, 6.07) is 3.08. The molecule has 6 nitrogen and oxygen atoms in total. The molecular formula is C10H14N4O2. The van der Waals surface area contributed by atoms with Gasteiger partial charge in [-0.15, -0.1) is 5.10 Å². The highest BCUT2D eigenvalue weighted by Crippen LogP contribution is 2.14. The lowest BCUT2D eigenvalue weighted by atomic mass is 10.2. The van der Waals surface area contributed by atoms with E-state index >= 15 is 0 Å². The number of carboxylic acids is 1. The molecule has 16 heavy (non-hydrogen) atoms. The van der Waals surface area contributed by atoms with Crippen molar-refractivity contribution in [1.82, 2.24) is 15.5 Å². The number of nitrogens with one attached hydrogen (secondary N) is 1. The van der Waals surface area contributed by atoms with Gasteiger partial charge in [-0.3, -0.25) is 0 Å². The van der Waals surface area contributed by atoms with Crippen LogP contribution in [0.5, 0.6) is 0 Å². The van der Waals surface area contributed by atoms with Gasteiger partial charge in [0.25, 0.3) is 0 Å². The summed E-state index contributed by atoms with van der Waals surface area (Å²) in [5.74, 6) is -0.214. The summed E-state index contributed by atoms with van der Waals surface area (Å²) in [7, 11) is 0. The van der Waals surface area contributed by atoms with Crippen molar-refractivity contribution < 1.29 is 9.90 Å². The minimum absolute atomic E-state index is 0.435. The number of anilines is 1. The second-order valence-electron chi connectivity index (χ2n) is 3.78. The summed E-state index contributed by atoms with van der Waals surface area (Å²) in [6.45, 7) is 3.68. The molecule has 2 N–H and O–H groups in total. The van der Waals surface area contributed by atoms with Gasteiger partial charge in [-0.1, -0.05) is 0 Å². The van der Waals surface area contributed by atoms with Gasteiger partial charge in [-0.25, -0.2) is 4.79 Å². The van der Waals surface area contributed by atoms with Crippen LogP contribution in [0.3, 0.4) is 0 Å². The van der Waals surface area contributed by atoms with Crippen molar-refractivity contribution in [3.05, 3.63) is 17.8 Å². The first-order chi connectivity index (χ1) is 7.68. The Balaban J connectivity index is 2.23. The molecule has 1 fully saturated rings. The van der Waals surface area contributed by atoms with E-state index in [0.29, 0.717) is 18.9 Å². The van der Waals surface area contributed by atoms with E-state index in [1.165, 1.54) is 0 Å². The Bertz CT molecular complexity index is 379. The summed E-state index contributed by atoms with van der Waals surface area (Å²) < 4.78 is 0. The predicted octanol–water partition coefficient (Wildman–Crippen LogP) is -0.352. The van der Waals surface area contributed by atoms with Crippen LogP contribution in [0, 0.1) is 6.92 Å². The van der Waals surface area contributed by atoms with Gasteiger partial charge in [0.15, 0.2) is 5.82 Å². The quantitative estimate of drug-likeness (QED) is 0.712. The molecule has 1 aliphatic heterocycles. The van der Waals surface area contributed by atoms with Gasteiger partial charge in [0.2, 0.25) is 0 Å². The first-order valence-corrected chi connectivity index (χ1v) is 5.19. The minimum Gasteiger partial charge on any atom is -0.480 e. The zero-order chi connectivity index (χ0) is 11.5. The molecule has 2 heterocycles. The van der Waals surface area contributed by atoms with E-state index in [-0.39, 0.29) is 0 Å². The maximum absolute atomic E-state index is 11.1. The molecule has 0 radical (unpaired) electrons. The molecule has 1 aromatic rings. The van der Waals surface area contributed by atoms with Gasteiger partial charge in [-0.2, -0.15) is 5.10 Å². The van der Waals surface area contributed by atoms with Crippen LogP contribution in [-0.4, -0.2) is 46.9 Å². The molecule has 1 saturated heterocycles. The first-order valence-electron chi connectivity index (χ1n) is 5.19. The van der Waals surface area contributed by atoms with Crippen LogP contribution >= 0.6 is 0 Å². The Hall–Kier alpha value is -1.69. The maximum atomic E-state index is 11.1. The lowest BCUT2D eigenvalue weighted by Crippen LogP contribution is -2.55. The van der Waals surface area contributed by atoms with Crippen LogP contribution in [0.15, 0.2) is 12.1 Å². The summed E-state index contributed by atoms with van der Waals surface area (Å²) in [4.78, 5) is 12.8. The van der Waals surface area contributed by atoms with E-state index in [0.717, 1.165) is 12.2 Å². The average Bonchev–Trinajstić information content (AvgIpc) is 2.30. The zero-order valence-electron chi connectivity index (χ0n) is 9.05. The lowest BCUT2D eigenvalue weighted by Gasteiger charge is -2.33. The van der Waals surface area contributed by atoms with Crippen LogP contribution in [0.2, 0.25) is 0 Å². The molecular weight excluding hydrogens is 208 g/mol. The predicted molar refractivity (Wildman–Crippen MR) is 58.4 cm³/mol. The Morgan fingerprint density at radius 3 is 3.00 bits per heavy atom. The largest absolute Gasteiger partial charge is 0.480 e. The highest BCUT2D eigenvalue weighted by molar-refractivity contribution is 5.78. The second-order valence-corrected chi connectivity index (χ2v) is 3.78. The lowest BCUT2D eigenvalue weighted by molar-refractivity contribution is -0.138. The van der Waals surface area contributed by atoms with E-state index in [1.54, 1.807) is 4.90 Å². The monoisotopic (exact) mass is 222 g/mol. The number of aryl methyl sites for hydroxylation is 1. The topological polar surface area (TPSA) is 78.4 Å². The smallest absolute Gasteiger partial charge is 0.327 e. The van der Waals surface area contributed by atoms with E-state index < -0.39 is 12.0 Å². The molecule has 0 bridgehead atoms. The summed E-state index contributed by atoms with van der Waals surface area (Å²) in [5, 5.41) is 20.1. The van der Waals surface area contributed by atoms with Crippen molar-refractivity contribution >= 4 is 11.8 Å². The molecule has 6 heteroatoms. The molecule has 2 rings (SSSR count). The van der Waals surface area contributed by atoms with Crippen molar-refractivity contribution in [2.45, 2.75) is 13.0 Å². The van der Waals surface area contributed by atoms with Gasteiger partial charge in [-0.05, 0) is 19.1 Å². The van der Waals surface area contributed by atoms with E-state index in [1.807, 2.05) is 19.1 Å². The average molecular weight is 222 g/mol. The first kappa shape index (κ1) is 10.8. The van der Waals surface area contributed by atoms with Gasteiger partial charge >= 0.3 is 5.97 Å². The Morgan fingerprint density at radius 1 is 1.56 bits per heavy atom. The number of carboxylic acid groups (broad SMARTS) is 1. The third kappa shape index (κ3) is 2.11. The highest BCUT2D eigenvalue weighted by Gasteiger charge is 2.29. The van der Waals surface area contributed by atoms with Crippen LogP contribution in [0.25, 0.3) is 0 Å². The number of hydrogen-bond donors (Lipinski definition) is 2. The second kappa shape index (κ2) is 4.44. The molecule has 0 spiro atoms. The number of rotatable bonds is 2. The fourth-order valence-electron chi connectivity index (χ4n) is 1.74. The Labute approximate surface area is 93.3 Å². The summed E-state index contributed by atoms with van der Waals surface area (Å²) >= 11 is 0. The third-order valence-electron chi connectivity index (χ3n) is 2.61. The normalized spacial score (nSPS) is 20.8. The molecule has 1 aromatic heterocycles. The standard InChI is InChI=1S/C10H14N4O2/c1-7-2-3-9(13-12-7)14-5-4-11-6-8(14)10(15)16/h2-3,8,11H,4-6H2,1H3,(H,15,16)/t8-/m1/s1. The third-order valence-corrected chi connectivity index (χ3v) is 2.61. The van der Waals surface area contributed by atoms with Gasteiger partial charge in [0.1, 0.15) is 6.04 Å². The number of aromatic nitrogens is 2. The van der Waals surface area contributed by atoms with Crippen LogP contribution < -0.4 is 10.2 Å². The van der Waals surface area contributed by atoms with Gasteiger partial charge in [0.05, 0.1) is 5.69 Å².